The van der Waals surface area contributed by atoms with Gasteiger partial charge in [-0.05, 0) is 42.8 Å². The Morgan fingerprint density at radius 2 is 1.94 bits per heavy atom. The van der Waals surface area contributed by atoms with Gasteiger partial charge >= 0.3 is 0 Å². The molecule has 158 valence electrons. The van der Waals surface area contributed by atoms with Crippen LogP contribution in [0.4, 0.5) is 11.4 Å². The molecule has 1 aromatic carbocycles. The molecule has 0 bridgehead atoms. The van der Waals surface area contributed by atoms with Crippen LogP contribution in [0.5, 0.6) is 0 Å². The van der Waals surface area contributed by atoms with E-state index in [-0.39, 0.29) is 11.8 Å². The van der Waals surface area contributed by atoms with Crippen molar-refractivity contribution in [1.82, 2.24) is 15.3 Å². The normalized spacial score (nSPS) is 10.3. The lowest BCUT2D eigenvalue weighted by molar-refractivity contribution is -0.120. The second kappa shape index (κ2) is 10.7. The molecule has 2 N–H and O–H groups in total. The molecule has 3 rings (SSSR count). The minimum Gasteiger partial charge on any atom is -0.374 e. The zero-order valence-electron chi connectivity index (χ0n) is 17.5. The third kappa shape index (κ3) is 5.80. The van der Waals surface area contributed by atoms with Crippen molar-refractivity contribution in [2.45, 2.75) is 19.3 Å². The first kappa shape index (κ1) is 21.8. The van der Waals surface area contributed by atoms with E-state index in [1.54, 1.807) is 30.6 Å². The summed E-state index contributed by atoms with van der Waals surface area (Å²) in [6.45, 7) is 1.33. The maximum Gasteiger partial charge on any atom is 0.274 e. The van der Waals surface area contributed by atoms with Gasteiger partial charge in [-0.1, -0.05) is 6.07 Å². The number of terminal acetylenes is 1. The number of hydrogen-bond donors (Lipinski definition) is 2. The van der Waals surface area contributed by atoms with E-state index in [1.165, 1.54) is 0 Å². The molecule has 7 heteroatoms. The van der Waals surface area contributed by atoms with Crippen LogP contribution in [-0.2, 0) is 4.79 Å². The number of amides is 2. The van der Waals surface area contributed by atoms with Gasteiger partial charge in [0.1, 0.15) is 5.69 Å². The van der Waals surface area contributed by atoms with Gasteiger partial charge < -0.3 is 15.5 Å². The molecule has 0 atom stereocenters. The quantitative estimate of drug-likeness (QED) is 0.414. The molecule has 0 aliphatic carbocycles. The second-order valence-corrected chi connectivity index (χ2v) is 7.03. The molecule has 0 fully saturated rings. The number of hydrogen-bond acceptors (Lipinski definition) is 5. The molecule has 31 heavy (non-hydrogen) atoms. The van der Waals surface area contributed by atoms with E-state index in [0.717, 1.165) is 24.0 Å². The number of fused-ring (bicyclic) bond motifs is 1. The smallest absolute Gasteiger partial charge is 0.274 e. The van der Waals surface area contributed by atoms with Gasteiger partial charge in [0.05, 0.1) is 11.2 Å². The number of pyridine rings is 2. The van der Waals surface area contributed by atoms with E-state index in [4.69, 9.17) is 6.42 Å². The van der Waals surface area contributed by atoms with Gasteiger partial charge in [-0.15, -0.1) is 12.3 Å². The molecule has 7 nitrogen and oxygen atoms in total. The summed E-state index contributed by atoms with van der Waals surface area (Å²) >= 11 is 0. The SMILES string of the molecule is C#CCCC(=O)NCCCN(C)c1ccc(NC(=O)c2ccccn2)c2ncccc12. The van der Waals surface area contributed by atoms with Crippen molar-refractivity contribution in [1.29, 1.82) is 0 Å². The maximum atomic E-state index is 12.5. The molecule has 2 heterocycles. The summed E-state index contributed by atoms with van der Waals surface area (Å²) in [5.74, 6) is 2.16. The number of aromatic nitrogens is 2. The van der Waals surface area contributed by atoms with Gasteiger partial charge in [0.2, 0.25) is 5.91 Å². The lowest BCUT2D eigenvalue weighted by atomic mass is 10.1. The lowest BCUT2D eigenvalue weighted by Gasteiger charge is -2.22. The van der Waals surface area contributed by atoms with E-state index in [1.807, 2.05) is 31.3 Å². The number of carbonyl (C=O) groups is 2. The summed E-state index contributed by atoms with van der Waals surface area (Å²) in [5.41, 5.74) is 2.68. The minimum atomic E-state index is -0.283. The molecule has 2 amide bonds. The molecular weight excluding hydrogens is 390 g/mol. The molecule has 0 radical (unpaired) electrons. The van der Waals surface area contributed by atoms with Crippen LogP contribution in [0.2, 0.25) is 0 Å². The van der Waals surface area contributed by atoms with E-state index in [2.05, 4.69) is 31.4 Å². The predicted octanol–water partition coefficient (Wildman–Crippen LogP) is 3.24. The van der Waals surface area contributed by atoms with E-state index in [9.17, 15) is 9.59 Å². The number of rotatable bonds is 9. The Morgan fingerprint density at radius 3 is 2.71 bits per heavy atom. The van der Waals surface area contributed by atoms with Crippen molar-refractivity contribution in [3.05, 3.63) is 60.6 Å². The zero-order chi connectivity index (χ0) is 22.1. The molecule has 2 aromatic heterocycles. The summed E-state index contributed by atoms with van der Waals surface area (Å²) in [7, 11) is 1.99. The van der Waals surface area contributed by atoms with Crippen LogP contribution in [0, 0.1) is 12.3 Å². The van der Waals surface area contributed by atoms with Crippen LogP contribution in [-0.4, -0.2) is 41.9 Å². The summed E-state index contributed by atoms with van der Waals surface area (Å²) in [6, 6.07) is 12.9. The molecule has 3 aromatic rings. The van der Waals surface area contributed by atoms with Crippen LogP contribution < -0.4 is 15.5 Å². The Kier molecular flexibility index (Phi) is 7.55. The van der Waals surface area contributed by atoms with Gasteiger partial charge in [0, 0.05) is 56.4 Å². The maximum absolute atomic E-state index is 12.5. The van der Waals surface area contributed by atoms with Crippen molar-refractivity contribution in [3.8, 4) is 12.3 Å². The average Bonchev–Trinajstić information content (AvgIpc) is 2.81. The zero-order valence-corrected chi connectivity index (χ0v) is 17.5. The summed E-state index contributed by atoms with van der Waals surface area (Å²) < 4.78 is 0. The Morgan fingerprint density at radius 1 is 1.10 bits per heavy atom. The molecule has 0 saturated carbocycles. The Bertz CT molecular complexity index is 1090. The molecule has 0 saturated heterocycles. The number of nitrogens with one attached hydrogen (secondary N) is 2. The predicted molar refractivity (Wildman–Crippen MR) is 123 cm³/mol. The fraction of sp³-hybridized carbons (Fsp3) is 0.250. The van der Waals surface area contributed by atoms with Crippen LogP contribution in [0.25, 0.3) is 10.9 Å². The van der Waals surface area contributed by atoms with Crippen LogP contribution >= 0.6 is 0 Å². The number of nitrogens with zero attached hydrogens (tertiary/aromatic N) is 3. The molecule has 0 aliphatic rings. The first-order chi connectivity index (χ1) is 15.1. The minimum absolute atomic E-state index is 0.0248. The highest BCUT2D eigenvalue weighted by molar-refractivity contribution is 6.09. The summed E-state index contributed by atoms with van der Waals surface area (Å²) in [5, 5.41) is 6.72. The topological polar surface area (TPSA) is 87.2 Å². The highest BCUT2D eigenvalue weighted by atomic mass is 16.2. The van der Waals surface area contributed by atoms with Gasteiger partial charge in [0.15, 0.2) is 0 Å². The third-order valence-corrected chi connectivity index (χ3v) is 4.79. The third-order valence-electron chi connectivity index (χ3n) is 4.79. The summed E-state index contributed by atoms with van der Waals surface area (Å²) in [6.07, 6.45) is 10.1. The Labute approximate surface area is 181 Å². The van der Waals surface area contributed by atoms with Crippen LogP contribution in [0.1, 0.15) is 29.8 Å². The fourth-order valence-electron chi connectivity index (χ4n) is 3.21. The summed E-state index contributed by atoms with van der Waals surface area (Å²) in [4.78, 5) is 34.9. The largest absolute Gasteiger partial charge is 0.374 e. The lowest BCUT2D eigenvalue weighted by Crippen LogP contribution is -2.28. The first-order valence-corrected chi connectivity index (χ1v) is 10.1. The second-order valence-electron chi connectivity index (χ2n) is 7.03. The monoisotopic (exact) mass is 415 g/mol. The molecule has 0 unspecified atom stereocenters. The Balaban J connectivity index is 1.68. The van der Waals surface area contributed by atoms with Gasteiger partial charge in [-0.2, -0.15) is 0 Å². The van der Waals surface area contributed by atoms with Crippen LogP contribution in [0.3, 0.4) is 0 Å². The van der Waals surface area contributed by atoms with Crippen LogP contribution in [0.15, 0.2) is 54.9 Å². The van der Waals surface area contributed by atoms with Crippen molar-refractivity contribution < 1.29 is 9.59 Å². The van der Waals surface area contributed by atoms with Crippen molar-refractivity contribution in [2.75, 3.05) is 30.4 Å². The molecule has 0 aliphatic heterocycles. The van der Waals surface area contributed by atoms with Crippen molar-refractivity contribution in [3.63, 3.8) is 0 Å². The molecule has 0 spiro atoms. The highest BCUT2D eigenvalue weighted by Gasteiger charge is 2.14. The fourth-order valence-corrected chi connectivity index (χ4v) is 3.21. The van der Waals surface area contributed by atoms with Gasteiger partial charge in [0.25, 0.3) is 5.91 Å². The average molecular weight is 415 g/mol. The number of benzene rings is 1. The van der Waals surface area contributed by atoms with E-state index >= 15 is 0 Å². The highest BCUT2D eigenvalue weighted by Crippen LogP contribution is 2.30. The van der Waals surface area contributed by atoms with E-state index < -0.39 is 0 Å². The standard InChI is InChI=1S/C24H25N5O2/c1-3-4-11-22(30)26-16-8-17-29(2)21-13-12-19(23-18(21)9-7-15-27-23)28-24(31)20-10-5-6-14-25-20/h1,5-7,9-10,12-15H,4,8,11,16-17H2,2H3,(H,26,30)(H,28,31). The van der Waals surface area contributed by atoms with Gasteiger partial charge in [-0.3, -0.25) is 19.6 Å². The molecular formula is C24H25N5O2. The first-order valence-electron chi connectivity index (χ1n) is 10.1. The Hall–Kier alpha value is -3.92. The van der Waals surface area contributed by atoms with Gasteiger partial charge in [-0.25, -0.2) is 0 Å². The van der Waals surface area contributed by atoms with Crippen molar-refractivity contribution >= 4 is 34.1 Å². The van der Waals surface area contributed by atoms with Crippen molar-refractivity contribution in [2.24, 2.45) is 0 Å². The van der Waals surface area contributed by atoms with E-state index in [0.29, 0.717) is 36.3 Å². The number of carbonyl (C=O) groups excluding carboxylic acids is 2. The number of anilines is 2.